The average molecular weight is 283 g/mol. The Morgan fingerprint density at radius 1 is 1.41 bits per heavy atom. The molecule has 0 saturated heterocycles. The first-order valence-corrected chi connectivity index (χ1v) is 5.92. The fourth-order valence-electron chi connectivity index (χ4n) is 1.18. The molecule has 0 fully saturated rings. The van der Waals surface area contributed by atoms with Crippen LogP contribution in [-0.2, 0) is 22.4 Å². The Hall–Kier alpha value is 0.846. The molecule has 92 valence electrons. The van der Waals surface area contributed by atoms with Gasteiger partial charge < -0.3 is 16.4 Å². The van der Waals surface area contributed by atoms with Gasteiger partial charge in [0, 0.05) is 6.42 Å². The molecule has 0 amide bonds. The van der Waals surface area contributed by atoms with E-state index in [1.807, 2.05) is 30.3 Å². The SMILES string of the molecule is NCCC(N)(OCc1ccccc1)S(=O)[O-].[H-].[K+]. The van der Waals surface area contributed by atoms with E-state index in [0.29, 0.717) is 0 Å². The monoisotopic (exact) mass is 283 g/mol. The third-order valence-electron chi connectivity index (χ3n) is 2.10. The van der Waals surface area contributed by atoms with Gasteiger partial charge in [0.1, 0.15) is 0 Å². The smallest absolute Gasteiger partial charge is 1.00 e. The zero-order valence-electron chi connectivity index (χ0n) is 10.8. The van der Waals surface area contributed by atoms with Crippen molar-refractivity contribution in [1.82, 2.24) is 0 Å². The van der Waals surface area contributed by atoms with Crippen molar-refractivity contribution in [2.45, 2.75) is 18.1 Å². The molecule has 5 nitrogen and oxygen atoms in total. The molecule has 2 unspecified atom stereocenters. The van der Waals surface area contributed by atoms with Crippen LogP contribution in [0.25, 0.3) is 0 Å². The summed E-state index contributed by atoms with van der Waals surface area (Å²) in [6.45, 7) is 0.296. The molecule has 4 N–H and O–H groups in total. The maximum Gasteiger partial charge on any atom is 1.00 e. The number of ether oxygens (including phenoxy) is 1. The van der Waals surface area contributed by atoms with Crippen molar-refractivity contribution >= 4 is 11.1 Å². The zero-order valence-corrected chi connectivity index (χ0v) is 13.7. The fraction of sp³-hybridized carbons (Fsp3) is 0.400. The van der Waals surface area contributed by atoms with E-state index < -0.39 is 16.1 Å². The van der Waals surface area contributed by atoms with Gasteiger partial charge in [0.05, 0.1) is 6.61 Å². The fourth-order valence-corrected chi connectivity index (χ4v) is 1.62. The molecule has 0 aliphatic rings. The van der Waals surface area contributed by atoms with Gasteiger partial charge in [-0.3, -0.25) is 9.94 Å². The van der Waals surface area contributed by atoms with Crippen LogP contribution in [0.15, 0.2) is 30.3 Å². The van der Waals surface area contributed by atoms with Crippen molar-refractivity contribution in [2.75, 3.05) is 6.54 Å². The summed E-state index contributed by atoms with van der Waals surface area (Å²) in [4.78, 5) is 0. The molecule has 0 saturated carbocycles. The van der Waals surface area contributed by atoms with Gasteiger partial charge in [-0.05, 0) is 23.2 Å². The minimum absolute atomic E-state index is 0. The first-order chi connectivity index (χ1) is 7.58. The van der Waals surface area contributed by atoms with E-state index in [4.69, 9.17) is 16.2 Å². The maximum absolute atomic E-state index is 10.9. The quantitative estimate of drug-likeness (QED) is 0.333. The number of hydrogen-bond acceptors (Lipinski definition) is 5. The second kappa shape index (κ2) is 8.86. The van der Waals surface area contributed by atoms with Crippen LogP contribution in [0.3, 0.4) is 0 Å². The van der Waals surface area contributed by atoms with Crippen molar-refractivity contribution in [3.63, 3.8) is 0 Å². The molecule has 0 radical (unpaired) electrons. The van der Waals surface area contributed by atoms with Crippen LogP contribution in [0.5, 0.6) is 0 Å². The zero-order chi connectivity index (χ0) is 12.0. The number of benzene rings is 1. The molecular formula is C10H16KN2O3S-. The molecule has 0 spiro atoms. The molecule has 0 aliphatic carbocycles. The van der Waals surface area contributed by atoms with E-state index in [-0.39, 0.29) is 72.4 Å². The molecule has 1 aromatic rings. The van der Waals surface area contributed by atoms with Crippen LogP contribution >= 0.6 is 0 Å². The summed E-state index contributed by atoms with van der Waals surface area (Å²) in [5, 5.41) is -1.70. The standard InChI is InChI=1S/C10H16N2O3S.K.H/c11-7-6-10(12,16(13)14)15-8-9-4-2-1-3-5-9;;/h1-5H,6-8,11-12H2,(H,13,14);;/q;+1;-1/p-1. The van der Waals surface area contributed by atoms with E-state index >= 15 is 0 Å². The van der Waals surface area contributed by atoms with Gasteiger partial charge in [-0.15, -0.1) is 0 Å². The third-order valence-corrected chi connectivity index (χ3v) is 2.99. The normalized spacial score (nSPS) is 15.7. The predicted molar refractivity (Wildman–Crippen MR) is 61.9 cm³/mol. The average Bonchev–Trinajstić information content (AvgIpc) is 2.28. The van der Waals surface area contributed by atoms with Gasteiger partial charge in [0.2, 0.25) is 0 Å². The number of rotatable bonds is 6. The van der Waals surface area contributed by atoms with E-state index in [0.717, 1.165) is 5.56 Å². The summed E-state index contributed by atoms with van der Waals surface area (Å²) in [6, 6.07) is 9.21. The number of nitrogens with two attached hydrogens (primary N) is 2. The summed E-state index contributed by atoms with van der Waals surface area (Å²) in [7, 11) is 0. The first-order valence-electron chi connectivity index (χ1n) is 4.84. The summed E-state index contributed by atoms with van der Waals surface area (Å²) in [5.41, 5.74) is 11.7. The Morgan fingerprint density at radius 2 is 2.00 bits per heavy atom. The second-order valence-corrected chi connectivity index (χ2v) is 4.52. The van der Waals surface area contributed by atoms with Crippen molar-refractivity contribution < 1.29 is 66.3 Å². The molecule has 17 heavy (non-hydrogen) atoms. The minimum atomic E-state index is -2.52. The van der Waals surface area contributed by atoms with Crippen LogP contribution in [0.1, 0.15) is 13.4 Å². The largest absolute Gasteiger partial charge is 1.00 e. The van der Waals surface area contributed by atoms with E-state index in [9.17, 15) is 8.76 Å². The minimum Gasteiger partial charge on any atom is -1.00 e. The van der Waals surface area contributed by atoms with Crippen LogP contribution in [0.4, 0.5) is 0 Å². The summed E-state index contributed by atoms with van der Waals surface area (Å²) < 4.78 is 27.1. The van der Waals surface area contributed by atoms with E-state index in [2.05, 4.69) is 0 Å². The van der Waals surface area contributed by atoms with Crippen molar-refractivity contribution in [2.24, 2.45) is 11.5 Å². The molecular weight excluding hydrogens is 267 g/mol. The van der Waals surface area contributed by atoms with Crippen molar-refractivity contribution in [3.8, 4) is 0 Å². The first kappa shape index (κ1) is 17.8. The van der Waals surface area contributed by atoms with Gasteiger partial charge >= 0.3 is 51.4 Å². The molecule has 2 atom stereocenters. The van der Waals surface area contributed by atoms with Gasteiger partial charge in [-0.1, -0.05) is 30.3 Å². The van der Waals surface area contributed by atoms with Crippen LogP contribution < -0.4 is 62.9 Å². The Labute approximate surface area is 147 Å². The Morgan fingerprint density at radius 3 is 2.47 bits per heavy atom. The van der Waals surface area contributed by atoms with Crippen LogP contribution in [0, 0.1) is 0 Å². The molecule has 1 aromatic carbocycles. The molecule has 0 aliphatic heterocycles. The Kier molecular flexibility index (Phi) is 9.30. The summed E-state index contributed by atoms with van der Waals surface area (Å²) >= 11 is -2.52. The van der Waals surface area contributed by atoms with Crippen LogP contribution in [0.2, 0.25) is 0 Å². The topological polar surface area (TPSA) is 101 Å². The van der Waals surface area contributed by atoms with Gasteiger partial charge in [0.25, 0.3) is 0 Å². The molecule has 0 bridgehead atoms. The summed E-state index contributed by atoms with van der Waals surface area (Å²) in [6.07, 6.45) is 0.0654. The maximum atomic E-state index is 10.9. The number of hydrogen-bond donors (Lipinski definition) is 2. The van der Waals surface area contributed by atoms with Crippen LogP contribution in [-0.4, -0.2) is 20.4 Å². The predicted octanol–water partition coefficient (Wildman–Crippen LogP) is -2.84. The van der Waals surface area contributed by atoms with E-state index in [1.165, 1.54) is 0 Å². The molecule has 0 heterocycles. The molecule has 7 heteroatoms. The third kappa shape index (κ3) is 6.01. The van der Waals surface area contributed by atoms with Gasteiger partial charge in [0.15, 0.2) is 5.06 Å². The summed E-state index contributed by atoms with van der Waals surface area (Å²) in [5.74, 6) is 0. The van der Waals surface area contributed by atoms with Crippen molar-refractivity contribution in [1.29, 1.82) is 0 Å². The molecule has 0 aromatic heterocycles. The molecule has 1 rings (SSSR count). The van der Waals surface area contributed by atoms with Gasteiger partial charge in [-0.2, -0.15) is 0 Å². The van der Waals surface area contributed by atoms with Crippen molar-refractivity contribution in [3.05, 3.63) is 35.9 Å². The Bertz CT molecular complexity index is 358. The van der Waals surface area contributed by atoms with Gasteiger partial charge in [-0.25, -0.2) is 0 Å². The second-order valence-electron chi connectivity index (χ2n) is 3.36. The van der Waals surface area contributed by atoms with E-state index in [1.54, 1.807) is 0 Å². The Balaban J connectivity index is 0.